The van der Waals surface area contributed by atoms with E-state index >= 15 is 0 Å². The van der Waals surface area contributed by atoms with Gasteiger partial charge in [0.25, 0.3) is 11.8 Å². The number of amides is 2. The van der Waals surface area contributed by atoms with Gasteiger partial charge in [-0.2, -0.15) is 0 Å². The Kier molecular flexibility index (Phi) is 5.13. The van der Waals surface area contributed by atoms with E-state index in [4.69, 9.17) is 23.2 Å². The summed E-state index contributed by atoms with van der Waals surface area (Å²) >= 11 is 11.9. The van der Waals surface area contributed by atoms with Gasteiger partial charge in [-0.3, -0.25) is 9.59 Å². The van der Waals surface area contributed by atoms with Crippen LogP contribution in [0.15, 0.2) is 48.2 Å². The van der Waals surface area contributed by atoms with Gasteiger partial charge in [0.2, 0.25) is 0 Å². The van der Waals surface area contributed by atoms with Gasteiger partial charge in [-0.1, -0.05) is 35.3 Å². The van der Waals surface area contributed by atoms with Gasteiger partial charge in [-0.05, 0) is 55.2 Å². The topological polar surface area (TPSA) is 40.6 Å². The Hall–Kier alpha value is -2.37. The fourth-order valence-corrected chi connectivity index (χ4v) is 3.97. The number of nitrogens with zero attached hydrogens (tertiary/aromatic N) is 2. The average molecular weight is 419 g/mol. The standard InChI is InChI=1S/C21H17Cl2FN2O2/c22-14-6-4-13(5-7-14)18-19(25-10-2-1-3-11-25)21(28)26(20(18)27)15-8-9-17(24)16(23)12-15/h4-9,12H,1-3,10-11H2. The van der Waals surface area contributed by atoms with Crippen molar-refractivity contribution in [3.63, 3.8) is 0 Å². The number of piperidine rings is 1. The number of halogens is 3. The summed E-state index contributed by atoms with van der Waals surface area (Å²) in [6, 6.07) is 10.7. The molecule has 2 aliphatic heterocycles. The van der Waals surface area contributed by atoms with Crippen molar-refractivity contribution in [2.45, 2.75) is 19.3 Å². The zero-order valence-electron chi connectivity index (χ0n) is 14.9. The molecule has 4 nitrogen and oxygen atoms in total. The number of carbonyl (C=O) groups excluding carboxylic acids is 2. The first kappa shape index (κ1) is 19.0. The number of carbonyl (C=O) groups is 2. The minimum absolute atomic E-state index is 0.141. The number of imide groups is 1. The monoisotopic (exact) mass is 418 g/mol. The molecule has 0 N–H and O–H groups in total. The molecule has 0 bridgehead atoms. The molecule has 7 heteroatoms. The lowest BCUT2D eigenvalue weighted by Gasteiger charge is -2.29. The molecular formula is C21H17Cl2FN2O2. The molecule has 2 heterocycles. The van der Waals surface area contributed by atoms with Crippen molar-refractivity contribution in [2.75, 3.05) is 18.0 Å². The van der Waals surface area contributed by atoms with E-state index < -0.39 is 17.6 Å². The quantitative estimate of drug-likeness (QED) is 0.665. The summed E-state index contributed by atoms with van der Waals surface area (Å²) in [5.74, 6) is -1.47. The van der Waals surface area contributed by atoms with E-state index in [-0.39, 0.29) is 10.7 Å². The van der Waals surface area contributed by atoms with Crippen LogP contribution in [0.25, 0.3) is 5.57 Å². The highest BCUT2D eigenvalue weighted by Gasteiger charge is 2.42. The van der Waals surface area contributed by atoms with Crippen molar-refractivity contribution in [3.8, 4) is 0 Å². The molecule has 0 unspecified atom stereocenters. The number of hydrogen-bond donors (Lipinski definition) is 0. The molecule has 0 aliphatic carbocycles. The second-order valence-electron chi connectivity index (χ2n) is 6.82. The SMILES string of the molecule is O=C1C(c2ccc(Cl)cc2)=C(N2CCCCC2)C(=O)N1c1ccc(F)c(Cl)c1. The highest BCUT2D eigenvalue weighted by atomic mass is 35.5. The summed E-state index contributed by atoms with van der Waals surface area (Å²) in [5.41, 5.74) is 1.59. The third-order valence-electron chi connectivity index (χ3n) is 5.03. The van der Waals surface area contributed by atoms with Crippen molar-refractivity contribution < 1.29 is 14.0 Å². The molecule has 0 radical (unpaired) electrons. The van der Waals surface area contributed by atoms with Gasteiger partial charge >= 0.3 is 0 Å². The van der Waals surface area contributed by atoms with Gasteiger partial charge in [0.15, 0.2) is 0 Å². The molecule has 0 saturated carbocycles. The number of anilines is 1. The maximum atomic E-state index is 13.6. The van der Waals surface area contributed by atoms with Gasteiger partial charge in [0.1, 0.15) is 11.5 Å². The zero-order chi connectivity index (χ0) is 19.8. The first-order valence-electron chi connectivity index (χ1n) is 9.06. The number of hydrogen-bond acceptors (Lipinski definition) is 3. The van der Waals surface area contributed by atoms with Gasteiger partial charge < -0.3 is 4.90 Å². The molecule has 0 spiro atoms. The van der Waals surface area contributed by atoms with Crippen molar-refractivity contribution >= 4 is 46.3 Å². The molecule has 1 fully saturated rings. The number of rotatable bonds is 3. The molecule has 28 heavy (non-hydrogen) atoms. The lowest BCUT2D eigenvalue weighted by molar-refractivity contribution is -0.120. The normalized spacial score (nSPS) is 17.7. The van der Waals surface area contributed by atoms with Crippen LogP contribution in [0.3, 0.4) is 0 Å². The second-order valence-corrected chi connectivity index (χ2v) is 7.67. The number of likely N-dealkylation sites (tertiary alicyclic amines) is 1. The summed E-state index contributed by atoms with van der Waals surface area (Å²) in [5, 5.41) is 0.403. The molecule has 4 rings (SSSR count). The minimum Gasteiger partial charge on any atom is -0.366 e. The maximum absolute atomic E-state index is 13.6. The van der Waals surface area contributed by atoms with E-state index in [1.54, 1.807) is 24.3 Å². The Bertz CT molecular complexity index is 982. The average Bonchev–Trinajstić information content (AvgIpc) is 2.96. The summed E-state index contributed by atoms with van der Waals surface area (Å²) in [7, 11) is 0. The summed E-state index contributed by atoms with van der Waals surface area (Å²) in [6.07, 6.45) is 3.02. The van der Waals surface area contributed by atoms with Gasteiger partial charge in [0.05, 0.1) is 16.3 Å². The molecule has 2 aromatic carbocycles. The summed E-state index contributed by atoms with van der Waals surface area (Å²) in [4.78, 5) is 29.6. The van der Waals surface area contributed by atoms with E-state index in [9.17, 15) is 14.0 Å². The highest BCUT2D eigenvalue weighted by Crippen LogP contribution is 2.37. The minimum atomic E-state index is -0.605. The van der Waals surface area contributed by atoms with E-state index in [2.05, 4.69) is 0 Å². The van der Waals surface area contributed by atoms with Crippen LogP contribution in [0.1, 0.15) is 24.8 Å². The van der Waals surface area contributed by atoms with Crippen LogP contribution in [-0.2, 0) is 9.59 Å². The van der Waals surface area contributed by atoms with Crippen molar-refractivity contribution in [1.29, 1.82) is 0 Å². The first-order valence-corrected chi connectivity index (χ1v) is 9.82. The van der Waals surface area contributed by atoms with Crippen LogP contribution in [-0.4, -0.2) is 29.8 Å². The fraction of sp³-hybridized carbons (Fsp3) is 0.238. The Balaban J connectivity index is 1.82. The Morgan fingerprint density at radius 2 is 1.54 bits per heavy atom. The van der Waals surface area contributed by atoms with Gasteiger partial charge in [0, 0.05) is 18.1 Å². The molecule has 1 saturated heterocycles. The van der Waals surface area contributed by atoms with Crippen molar-refractivity contribution in [3.05, 3.63) is 69.6 Å². The Labute approximate surface area is 172 Å². The maximum Gasteiger partial charge on any atom is 0.282 e. The van der Waals surface area contributed by atoms with E-state index in [1.807, 2.05) is 4.90 Å². The van der Waals surface area contributed by atoms with E-state index in [0.717, 1.165) is 30.2 Å². The van der Waals surface area contributed by atoms with Crippen LogP contribution in [0.2, 0.25) is 10.0 Å². The van der Waals surface area contributed by atoms with Crippen LogP contribution >= 0.6 is 23.2 Å². The molecule has 144 valence electrons. The van der Waals surface area contributed by atoms with Crippen LogP contribution in [0.5, 0.6) is 0 Å². The van der Waals surface area contributed by atoms with Crippen LogP contribution in [0, 0.1) is 5.82 Å². The molecule has 2 amide bonds. The third kappa shape index (κ3) is 3.29. The third-order valence-corrected chi connectivity index (χ3v) is 5.57. The lowest BCUT2D eigenvalue weighted by atomic mass is 10.0. The molecule has 0 atom stereocenters. The first-order chi connectivity index (χ1) is 13.5. The summed E-state index contributed by atoms with van der Waals surface area (Å²) < 4.78 is 13.6. The predicted molar refractivity (Wildman–Crippen MR) is 108 cm³/mol. The highest BCUT2D eigenvalue weighted by molar-refractivity contribution is 6.45. The Morgan fingerprint density at radius 3 is 2.18 bits per heavy atom. The number of benzene rings is 2. The molecule has 2 aliphatic rings. The molecule has 0 aromatic heterocycles. The van der Waals surface area contributed by atoms with E-state index in [1.165, 1.54) is 12.1 Å². The van der Waals surface area contributed by atoms with Gasteiger partial charge in [-0.15, -0.1) is 0 Å². The fourth-order valence-electron chi connectivity index (χ4n) is 3.66. The van der Waals surface area contributed by atoms with E-state index in [0.29, 0.717) is 34.9 Å². The van der Waals surface area contributed by atoms with Crippen molar-refractivity contribution in [1.82, 2.24) is 4.90 Å². The van der Waals surface area contributed by atoms with Crippen molar-refractivity contribution in [2.24, 2.45) is 0 Å². The van der Waals surface area contributed by atoms with Crippen LogP contribution in [0.4, 0.5) is 10.1 Å². The predicted octanol–water partition coefficient (Wildman–Crippen LogP) is 4.90. The smallest absolute Gasteiger partial charge is 0.282 e. The summed E-state index contributed by atoms with van der Waals surface area (Å²) in [6.45, 7) is 1.42. The zero-order valence-corrected chi connectivity index (χ0v) is 16.4. The molecule has 2 aromatic rings. The lowest BCUT2D eigenvalue weighted by Crippen LogP contribution is -2.37. The van der Waals surface area contributed by atoms with Gasteiger partial charge in [-0.25, -0.2) is 9.29 Å². The largest absolute Gasteiger partial charge is 0.366 e. The van der Waals surface area contributed by atoms with Crippen LogP contribution < -0.4 is 4.90 Å². The second kappa shape index (κ2) is 7.57. The Morgan fingerprint density at radius 1 is 0.857 bits per heavy atom. The molecular weight excluding hydrogens is 402 g/mol.